The predicted octanol–water partition coefficient (Wildman–Crippen LogP) is 4.14. The quantitative estimate of drug-likeness (QED) is 0.843. The highest BCUT2D eigenvalue weighted by Crippen LogP contribution is 2.31. The van der Waals surface area contributed by atoms with Crippen LogP contribution >= 0.6 is 0 Å². The summed E-state index contributed by atoms with van der Waals surface area (Å²) in [6.45, 7) is 5.74. The molecular formula is C20H23NO. The second kappa shape index (κ2) is 5.77. The van der Waals surface area contributed by atoms with Crippen LogP contribution in [-0.4, -0.2) is 30.6 Å². The van der Waals surface area contributed by atoms with Crippen LogP contribution in [0.4, 0.5) is 0 Å². The van der Waals surface area contributed by atoms with E-state index in [0.717, 1.165) is 18.2 Å². The van der Waals surface area contributed by atoms with Crippen LogP contribution in [0.2, 0.25) is 0 Å². The number of hydrogen-bond donors (Lipinski definition) is 0. The van der Waals surface area contributed by atoms with Crippen LogP contribution in [0, 0.1) is 12.8 Å². The van der Waals surface area contributed by atoms with Crippen molar-refractivity contribution in [2.75, 3.05) is 19.6 Å². The van der Waals surface area contributed by atoms with Gasteiger partial charge in [-0.2, -0.15) is 0 Å². The van der Waals surface area contributed by atoms with E-state index in [4.69, 9.17) is 4.74 Å². The Labute approximate surface area is 132 Å². The maximum Gasteiger partial charge on any atom is 0.119 e. The van der Waals surface area contributed by atoms with E-state index in [-0.39, 0.29) is 0 Å². The fourth-order valence-electron chi connectivity index (χ4n) is 3.69. The van der Waals surface area contributed by atoms with Crippen molar-refractivity contribution in [2.45, 2.75) is 25.9 Å². The molecule has 0 radical (unpaired) electrons. The summed E-state index contributed by atoms with van der Waals surface area (Å²) >= 11 is 0. The fourth-order valence-corrected chi connectivity index (χ4v) is 3.69. The Morgan fingerprint density at radius 2 is 1.45 bits per heavy atom. The number of piperidine rings is 3. The normalized spacial score (nSPS) is 26.9. The average molecular weight is 293 g/mol. The van der Waals surface area contributed by atoms with Gasteiger partial charge in [0, 0.05) is 6.54 Å². The van der Waals surface area contributed by atoms with E-state index >= 15 is 0 Å². The van der Waals surface area contributed by atoms with Crippen molar-refractivity contribution < 1.29 is 4.74 Å². The summed E-state index contributed by atoms with van der Waals surface area (Å²) in [7, 11) is 0. The molecule has 2 aromatic carbocycles. The van der Waals surface area contributed by atoms with Gasteiger partial charge in [0.2, 0.25) is 0 Å². The van der Waals surface area contributed by atoms with Gasteiger partial charge in [0.1, 0.15) is 11.9 Å². The van der Waals surface area contributed by atoms with Crippen LogP contribution in [0.15, 0.2) is 48.5 Å². The van der Waals surface area contributed by atoms with Crippen molar-refractivity contribution >= 4 is 0 Å². The van der Waals surface area contributed by atoms with Gasteiger partial charge in [-0.25, -0.2) is 0 Å². The smallest absolute Gasteiger partial charge is 0.119 e. The van der Waals surface area contributed by atoms with E-state index in [1.165, 1.54) is 42.6 Å². The molecule has 2 bridgehead atoms. The molecule has 0 aliphatic carbocycles. The Balaban J connectivity index is 1.46. The lowest BCUT2D eigenvalue weighted by Gasteiger charge is -2.44. The molecule has 1 atom stereocenters. The number of benzene rings is 2. The molecule has 3 aliphatic rings. The summed E-state index contributed by atoms with van der Waals surface area (Å²) in [5.41, 5.74) is 3.81. The number of nitrogens with zero attached hydrogens (tertiary/aromatic N) is 1. The van der Waals surface area contributed by atoms with Gasteiger partial charge in [0.05, 0.1) is 0 Å². The lowest BCUT2D eigenvalue weighted by Crippen LogP contribution is -2.52. The predicted molar refractivity (Wildman–Crippen MR) is 90.2 cm³/mol. The van der Waals surface area contributed by atoms with E-state index in [1.54, 1.807) is 0 Å². The maximum atomic E-state index is 6.26. The number of aryl methyl sites for hydroxylation is 1. The van der Waals surface area contributed by atoms with Crippen molar-refractivity contribution in [1.82, 2.24) is 4.90 Å². The maximum absolute atomic E-state index is 6.26. The zero-order chi connectivity index (χ0) is 14.9. The summed E-state index contributed by atoms with van der Waals surface area (Å²) in [5.74, 6) is 1.76. The van der Waals surface area contributed by atoms with Gasteiger partial charge in [-0.1, -0.05) is 42.0 Å². The lowest BCUT2D eigenvalue weighted by molar-refractivity contribution is -0.00775. The molecule has 114 valence electrons. The number of hydrogen-bond acceptors (Lipinski definition) is 2. The fraction of sp³-hybridized carbons (Fsp3) is 0.400. The SMILES string of the molecule is Cc1ccc(-c2ccc(O[C@H]3CN4CCC3CC4)cc2)cc1. The molecule has 2 heteroatoms. The molecule has 3 heterocycles. The molecule has 2 nitrogen and oxygen atoms in total. The molecule has 5 rings (SSSR count). The van der Waals surface area contributed by atoms with Gasteiger partial charge in [-0.05, 0) is 62.0 Å². The second-order valence-electron chi connectivity index (χ2n) is 6.68. The van der Waals surface area contributed by atoms with Gasteiger partial charge < -0.3 is 4.74 Å². The number of rotatable bonds is 3. The summed E-state index contributed by atoms with van der Waals surface area (Å²) in [6, 6.07) is 17.2. The molecule has 0 unspecified atom stereocenters. The van der Waals surface area contributed by atoms with Crippen LogP contribution in [0.25, 0.3) is 11.1 Å². The minimum atomic E-state index is 0.382. The standard InChI is InChI=1S/C20H23NO/c1-15-2-4-16(5-3-15)17-6-8-19(9-7-17)22-20-14-21-12-10-18(20)11-13-21/h2-9,18,20H,10-14H2,1H3/t20-/m0/s1. The van der Waals surface area contributed by atoms with Gasteiger partial charge in [0.15, 0.2) is 0 Å². The summed E-state index contributed by atoms with van der Waals surface area (Å²) in [6.07, 6.45) is 2.98. The molecule has 0 amide bonds. The molecule has 0 saturated carbocycles. The topological polar surface area (TPSA) is 12.5 Å². The van der Waals surface area contributed by atoms with Gasteiger partial charge in [-0.3, -0.25) is 4.90 Å². The largest absolute Gasteiger partial charge is 0.489 e. The summed E-state index contributed by atoms with van der Waals surface area (Å²) < 4.78 is 6.26. The van der Waals surface area contributed by atoms with Gasteiger partial charge in [0.25, 0.3) is 0 Å². The number of fused-ring (bicyclic) bond motifs is 3. The highest BCUT2D eigenvalue weighted by Gasteiger charge is 2.35. The van der Waals surface area contributed by atoms with Crippen molar-refractivity contribution in [1.29, 1.82) is 0 Å². The Morgan fingerprint density at radius 1 is 0.864 bits per heavy atom. The Bertz CT molecular complexity index is 624. The van der Waals surface area contributed by atoms with Crippen LogP contribution in [0.3, 0.4) is 0 Å². The Kier molecular flexibility index (Phi) is 3.63. The van der Waals surface area contributed by atoms with E-state index < -0.39 is 0 Å². The zero-order valence-corrected chi connectivity index (χ0v) is 13.2. The first-order valence-electron chi connectivity index (χ1n) is 8.34. The van der Waals surface area contributed by atoms with E-state index in [9.17, 15) is 0 Å². The third-order valence-corrected chi connectivity index (χ3v) is 5.12. The van der Waals surface area contributed by atoms with Crippen LogP contribution in [0.1, 0.15) is 18.4 Å². The average Bonchev–Trinajstić information content (AvgIpc) is 2.58. The zero-order valence-electron chi connectivity index (χ0n) is 13.2. The Morgan fingerprint density at radius 3 is 2.00 bits per heavy atom. The van der Waals surface area contributed by atoms with Crippen molar-refractivity contribution in [3.8, 4) is 16.9 Å². The van der Waals surface area contributed by atoms with Crippen LogP contribution in [-0.2, 0) is 0 Å². The second-order valence-corrected chi connectivity index (χ2v) is 6.68. The minimum absolute atomic E-state index is 0.382. The van der Waals surface area contributed by atoms with E-state index in [2.05, 4.69) is 60.4 Å². The van der Waals surface area contributed by atoms with Crippen molar-refractivity contribution in [3.05, 3.63) is 54.1 Å². The molecular weight excluding hydrogens is 270 g/mol. The molecule has 3 saturated heterocycles. The Hall–Kier alpha value is -1.80. The monoisotopic (exact) mass is 293 g/mol. The van der Waals surface area contributed by atoms with Gasteiger partial charge >= 0.3 is 0 Å². The highest BCUT2D eigenvalue weighted by molar-refractivity contribution is 5.64. The first-order chi connectivity index (χ1) is 10.8. The third kappa shape index (κ3) is 2.76. The molecule has 0 spiro atoms. The van der Waals surface area contributed by atoms with Crippen LogP contribution < -0.4 is 4.74 Å². The van der Waals surface area contributed by atoms with Crippen molar-refractivity contribution in [3.63, 3.8) is 0 Å². The first-order valence-corrected chi connectivity index (χ1v) is 8.34. The molecule has 3 fully saturated rings. The van der Waals surface area contributed by atoms with Crippen LogP contribution in [0.5, 0.6) is 5.75 Å². The summed E-state index contributed by atoms with van der Waals surface area (Å²) in [5, 5.41) is 0. The molecule has 2 aromatic rings. The molecule has 0 N–H and O–H groups in total. The third-order valence-electron chi connectivity index (χ3n) is 5.12. The van der Waals surface area contributed by atoms with Gasteiger partial charge in [-0.15, -0.1) is 0 Å². The van der Waals surface area contributed by atoms with E-state index in [0.29, 0.717) is 6.10 Å². The molecule has 0 aromatic heterocycles. The van der Waals surface area contributed by atoms with E-state index in [1.807, 2.05) is 0 Å². The van der Waals surface area contributed by atoms with Crippen molar-refractivity contribution in [2.24, 2.45) is 5.92 Å². The highest BCUT2D eigenvalue weighted by atomic mass is 16.5. The first kappa shape index (κ1) is 13.8. The lowest BCUT2D eigenvalue weighted by atomic mass is 9.86. The minimum Gasteiger partial charge on any atom is -0.489 e. The molecule has 3 aliphatic heterocycles. The molecule has 22 heavy (non-hydrogen) atoms. The summed E-state index contributed by atoms with van der Waals surface area (Å²) in [4.78, 5) is 2.53. The number of ether oxygens (including phenoxy) is 1.